The average Bonchev–Trinajstić information content (AvgIpc) is 2.74. The van der Waals surface area contributed by atoms with Crippen molar-refractivity contribution in [2.45, 2.75) is 62.5 Å². The van der Waals surface area contributed by atoms with Crippen molar-refractivity contribution in [2.75, 3.05) is 33.2 Å². The largest absolute Gasteiger partial charge is 0.366 e. The number of ether oxygens (including phenoxy) is 2. The molecule has 2 N–H and O–H groups in total. The van der Waals surface area contributed by atoms with E-state index in [9.17, 15) is 4.79 Å². The van der Waals surface area contributed by atoms with Gasteiger partial charge in [0.1, 0.15) is 13.5 Å². The Morgan fingerprint density at radius 2 is 1.96 bits per heavy atom. The van der Waals surface area contributed by atoms with E-state index >= 15 is 0 Å². The van der Waals surface area contributed by atoms with Crippen molar-refractivity contribution in [2.24, 2.45) is 5.73 Å². The topological polar surface area (TPSA) is 68.0 Å². The summed E-state index contributed by atoms with van der Waals surface area (Å²) in [5, 5.41) is 0. The zero-order chi connectivity index (χ0) is 19.4. The van der Waals surface area contributed by atoms with Gasteiger partial charge < -0.3 is 20.1 Å². The molecule has 0 aromatic heterocycles. The van der Waals surface area contributed by atoms with E-state index in [-0.39, 0.29) is 11.6 Å². The first kappa shape index (κ1) is 19.7. The Morgan fingerprint density at radius 3 is 2.71 bits per heavy atom. The van der Waals surface area contributed by atoms with Crippen LogP contribution in [0.15, 0.2) is 30.3 Å². The van der Waals surface area contributed by atoms with Gasteiger partial charge in [0.05, 0.1) is 12.7 Å². The number of urea groups is 1. The smallest absolute Gasteiger partial charge is 0.314 e. The highest BCUT2D eigenvalue weighted by Crippen LogP contribution is 2.36. The van der Waals surface area contributed by atoms with Gasteiger partial charge in [0.2, 0.25) is 0 Å². The molecule has 1 aromatic rings. The molecule has 6 heteroatoms. The summed E-state index contributed by atoms with van der Waals surface area (Å²) in [7, 11) is 0. The van der Waals surface area contributed by atoms with Gasteiger partial charge in [-0.1, -0.05) is 30.3 Å². The van der Waals surface area contributed by atoms with Crippen LogP contribution >= 0.6 is 0 Å². The summed E-state index contributed by atoms with van der Waals surface area (Å²) in [6, 6.07) is 10.5. The van der Waals surface area contributed by atoms with Gasteiger partial charge in [-0.2, -0.15) is 0 Å². The number of hydrogen-bond donors (Lipinski definition) is 1. The molecule has 1 unspecified atom stereocenters. The van der Waals surface area contributed by atoms with Crippen molar-refractivity contribution in [1.82, 2.24) is 9.80 Å². The van der Waals surface area contributed by atoms with E-state index in [1.807, 2.05) is 0 Å². The minimum Gasteiger partial charge on any atom is -0.366 e. The van der Waals surface area contributed by atoms with Crippen LogP contribution in [-0.2, 0) is 9.47 Å². The Hall–Kier alpha value is -1.63. The molecule has 1 atom stereocenters. The fourth-order valence-electron chi connectivity index (χ4n) is 5.15. The maximum absolute atomic E-state index is 11.7. The molecule has 1 spiro atoms. The average molecular weight is 388 g/mol. The number of likely N-dealkylation sites (tertiary alicyclic amines) is 1. The quantitative estimate of drug-likeness (QED) is 0.861. The number of nitrogens with two attached hydrogens (primary N) is 1. The fourth-order valence-corrected chi connectivity index (χ4v) is 5.15. The second-order valence-electron chi connectivity index (χ2n) is 8.59. The lowest BCUT2D eigenvalue weighted by atomic mass is 9.82. The number of hydrogen-bond acceptors (Lipinski definition) is 4. The van der Waals surface area contributed by atoms with Crippen LogP contribution in [0, 0.1) is 0 Å². The first-order valence-corrected chi connectivity index (χ1v) is 10.7. The minimum atomic E-state index is -0.314. The van der Waals surface area contributed by atoms with Crippen molar-refractivity contribution in [3.05, 3.63) is 35.9 Å². The van der Waals surface area contributed by atoms with Crippen molar-refractivity contribution in [3.63, 3.8) is 0 Å². The molecule has 2 saturated heterocycles. The van der Waals surface area contributed by atoms with Gasteiger partial charge in [0, 0.05) is 18.6 Å². The Kier molecular flexibility index (Phi) is 6.19. The number of rotatable bonds is 4. The minimum absolute atomic E-state index is 0.0488. The molecule has 1 aromatic carbocycles. The third kappa shape index (κ3) is 4.34. The maximum Gasteiger partial charge on any atom is 0.314 e. The standard InChI is InChI=1S/C22H33N3O3/c23-21(26)24-13-4-11-22(15-24)12-14-27-16-25(22)17-28-20-9-7-19(8-10-20)18-5-2-1-3-6-18/h1-3,5-6,19-20H,4,7-17H2,(H2,23,26). The predicted molar refractivity (Wildman–Crippen MR) is 108 cm³/mol. The Labute approximate surface area is 168 Å². The van der Waals surface area contributed by atoms with Gasteiger partial charge in [-0.25, -0.2) is 9.69 Å². The Bertz CT molecular complexity index is 644. The van der Waals surface area contributed by atoms with Gasteiger partial charge >= 0.3 is 6.03 Å². The van der Waals surface area contributed by atoms with Crippen LogP contribution in [0.2, 0.25) is 0 Å². The normalized spacial score (nSPS) is 31.8. The van der Waals surface area contributed by atoms with Crippen molar-refractivity contribution in [3.8, 4) is 0 Å². The van der Waals surface area contributed by atoms with Crippen molar-refractivity contribution in [1.29, 1.82) is 0 Å². The molecule has 3 fully saturated rings. The molecule has 2 aliphatic heterocycles. The molecule has 2 amide bonds. The van der Waals surface area contributed by atoms with Gasteiger partial charge in [-0.3, -0.25) is 0 Å². The van der Waals surface area contributed by atoms with Crippen LogP contribution in [-0.4, -0.2) is 60.6 Å². The Balaban J connectivity index is 1.30. The summed E-state index contributed by atoms with van der Waals surface area (Å²) in [6.07, 6.45) is 7.89. The molecule has 0 radical (unpaired) electrons. The van der Waals surface area contributed by atoms with Crippen LogP contribution in [0.1, 0.15) is 56.4 Å². The maximum atomic E-state index is 11.7. The lowest BCUT2D eigenvalue weighted by Gasteiger charge is -2.51. The van der Waals surface area contributed by atoms with Gasteiger partial charge in [0.25, 0.3) is 0 Å². The summed E-state index contributed by atoms with van der Waals surface area (Å²) in [6.45, 7) is 3.34. The molecule has 0 bridgehead atoms. The first-order chi connectivity index (χ1) is 13.7. The van der Waals surface area contributed by atoms with E-state index in [1.165, 1.54) is 18.4 Å². The van der Waals surface area contributed by atoms with E-state index in [0.29, 0.717) is 32.0 Å². The lowest BCUT2D eigenvalue weighted by Crippen LogP contribution is -2.63. The van der Waals surface area contributed by atoms with Crippen LogP contribution in [0.5, 0.6) is 0 Å². The van der Waals surface area contributed by atoms with E-state index in [1.54, 1.807) is 4.90 Å². The summed E-state index contributed by atoms with van der Waals surface area (Å²) < 4.78 is 12.1. The Morgan fingerprint density at radius 1 is 1.18 bits per heavy atom. The highest BCUT2D eigenvalue weighted by atomic mass is 16.5. The first-order valence-electron chi connectivity index (χ1n) is 10.7. The summed E-state index contributed by atoms with van der Waals surface area (Å²) >= 11 is 0. The zero-order valence-corrected chi connectivity index (χ0v) is 16.7. The summed E-state index contributed by atoms with van der Waals surface area (Å²) in [5.41, 5.74) is 6.97. The molecule has 28 heavy (non-hydrogen) atoms. The molecule has 1 saturated carbocycles. The predicted octanol–water partition coefficient (Wildman–Crippen LogP) is 3.28. The molecule has 3 aliphatic rings. The molecular weight excluding hydrogens is 354 g/mol. The van der Waals surface area contributed by atoms with Crippen LogP contribution in [0.3, 0.4) is 0 Å². The van der Waals surface area contributed by atoms with E-state index < -0.39 is 0 Å². The number of primary amides is 1. The molecule has 4 rings (SSSR count). The highest BCUT2D eigenvalue weighted by Gasteiger charge is 2.43. The zero-order valence-electron chi connectivity index (χ0n) is 16.7. The van der Waals surface area contributed by atoms with Crippen LogP contribution in [0.25, 0.3) is 0 Å². The third-order valence-corrected chi connectivity index (χ3v) is 6.91. The van der Waals surface area contributed by atoms with E-state index in [0.717, 1.165) is 45.3 Å². The van der Waals surface area contributed by atoms with Gasteiger partial charge in [0.15, 0.2) is 0 Å². The van der Waals surface area contributed by atoms with Gasteiger partial charge in [-0.15, -0.1) is 0 Å². The van der Waals surface area contributed by atoms with Crippen molar-refractivity contribution < 1.29 is 14.3 Å². The summed E-state index contributed by atoms with van der Waals surface area (Å²) in [5.74, 6) is 0.660. The molecular formula is C22H33N3O3. The molecule has 154 valence electrons. The molecule has 1 aliphatic carbocycles. The number of amides is 2. The van der Waals surface area contributed by atoms with Crippen molar-refractivity contribution >= 4 is 6.03 Å². The highest BCUT2D eigenvalue weighted by molar-refractivity contribution is 5.72. The number of carbonyl (C=O) groups is 1. The fraction of sp³-hybridized carbons (Fsp3) is 0.682. The summed E-state index contributed by atoms with van der Waals surface area (Å²) in [4.78, 5) is 15.8. The molecule has 2 heterocycles. The van der Waals surface area contributed by atoms with Gasteiger partial charge in [-0.05, 0) is 56.4 Å². The number of benzene rings is 1. The third-order valence-electron chi connectivity index (χ3n) is 6.91. The number of nitrogens with zero attached hydrogens (tertiary/aromatic N) is 2. The monoisotopic (exact) mass is 387 g/mol. The second-order valence-corrected chi connectivity index (χ2v) is 8.59. The second kappa shape index (κ2) is 8.80. The van der Waals surface area contributed by atoms with E-state index in [2.05, 4.69) is 35.2 Å². The lowest BCUT2D eigenvalue weighted by molar-refractivity contribution is -0.169. The van der Waals surface area contributed by atoms with Crippen LogP contribution < -0.4 is 5.73 Å². The van der Waals surface area contributed by atoms with Crippen LogP contribution in [0.4, 0.5) is 4.79 Å². The molecule has 6 nitrogen and oxygen atoms in total. The number of carbonyl (C=O) groups excluding carboxylic acids is 1. The SMILES string of the molecule is NC(=O)N1CCCC2(CCOCN2COC2CCC(c3ccccc3)CC2)C1. The van der Waals surface area contributed by atoms with E-state index in [4.69, 9.17) is 15.2 Å². The number of piperidine rings is 1.